The Hall–Kier alpha value is 1.41. The zero-order valence-electron chi connectivity index (χ0n) is 9.30. The molecule has 0 spiro atoms. The van der Waals surface area contributed by atoms with Crippen LogP contribution in [0.15, 0.2) is 0 Å². The molecule has 1 atom stereocenters. The summed E-state index contributed by atoms with van der Waals surface area (Å²) in [6, 6.07) is 0. The van der Waals surface area contributed by atoms with Crippen molar-refractivity contribution in [3.8, 4) is 0 Å². The summed E-state index contributed by atoms with van der Waals surface area (Å²) in [4.78, 5) is 1.43. The van der Waals surface area contributed by atoms with Crippen LogP contribution < -0.4 is 51.4 Å². The summed E-state index contributed by atoms with van der Waals surface area (Å²) in [6.07, 6.45) is 0.189. The van der Waals surface area contributed by atoms with Gasteiger partial charge in [0.15, 0.2) is 0 Å². The molecule has 1 saturated heterocycles. The van der Waals surface area contributed by atoms with Crippen molar-refractivity contribution in [3.05, 3.63) is 0 Å². The van der Waals surface area contributed by atoms with Crippen molar-refractivity contribution < 1.29 is 69.4 Å². The van der Waals surface area contributed by atoms with Crippen molar-refractivity contribution >= 4 is 6.98 Å². The van der Waals surface area contributed by atoms with Crippen molar-refractivity contribution in [1.82, 2.24) is 4.90 Å². The Kier molecular flexibility index (Phi) is 7.64. The van der Waals surface area contributed by atoms with E-state index in [9.17, 15) is 18.1 Å². The molecule has 84 valence electrons. The summed E-state index contributed by atoms with van der Waals surface area (Å²) < 4.78 is 36.2. The fourth-order valence-corrected chi connectivity index (χ4v) is 1.91. The van der Waals surface area contributed by atoms with Gasteiger partial charge in [-0.05, 0) is 45.2 Å². The number of piperidine rings is 1. The first-order chi connectivity index (χ1) is 6.38. The van der Waals surface area contributed by atoms with E-state index < -0.39 is 19.5 Å². The molecule has 0 aromatic heterocycles. The number of hydrogen-bond donors (Lipinski definition) is 1. The largest absolute Gasteiger partial charge is 1.00 e. The van der Waals surface area contributed by atoms with E-state index in [0.717, 1.165) is 0 Å². The van der Waals surface area contributed by atoms with Gasteiger partial charge < -0.3 is 23.0 Å². The average molecular weight is 249 g/mol. The maximum Gasteiger partial charge on any atom is 1.00 e. The number of halogens is 3. The van der Waals surface area contributed by atoms with E-state index in [-0.39, 0.29) is 57.3 Å². The second-order valence-electron chi connectivity index (χ2n) is 4.09. The van der Waals surface area contributed by atoms with E-state index in [0.29, 0.717) is 25.9 Å². The van der Waals surface area contributed by atoms with E-state index >= 15 is 0 Å². The zero-order chi connectivity index (χ0) is 10.8. The van der Waals surface area contributed by atoms with Crippen molar-refractivity contribution in [3.63, 3.8) is 0 Å². The summed E-state index contributed by atoms with van der Waals surface area (Å²) in [5.41, 5.74) is 0. The SMILES string of the molecule is CC(O)C1CCN(C[B-](F)(F)F)CC1.[K+]. The minimum atomic E-state index is -4.70. The molecule has 0 amide bonds. The van der Waals surface area contributed by atoms with Gasteiger partial charge in [-0.3, -0.25) is 0 Å². The standard InChI is InChI=1S/C8H16BF3NO.K/c1-7(14)8-2-4-13(5-3-8)6-9(10,11)12;/h7-8,14H,2-6H2,1H3;/q-1;+1. The monoisotopic (exact) mass is 249 g/mol. The van der Waals surface area contributed by atoms with E-state index in [1.54, 1.807) is 6.92 Å². The van der Waals surface area contributed by atoms with Crippen LogP contribution in [0.25, 0.3) is 0 Å². The van der Waals surface area contributed by atoms with Crippen LogP contribution in [0.2, 0.25) is 0 Å². The van der Waals surface area contributed by atoms with Crippen LogP contribution >= 0.6 is 0 Å². The Morgan fingerprint density at radius 2 is 1.80 bits per heavy atom. The summed E-state index contributed by atoms with van der Waals surface area (Å²) in [5.74, 6) is 0.173. The number of aliphatic hydroxyl groups excluding tert-OH is 1. The van der Waals surface area contributed by atoms with Gasteiger partial charge >= 0.3 is 58.4 Å². The number of hydrogen-bond acceptors (Lipinski definition) is 2. The molecule has 1 aliphatic heterocycles. The van der Waals surface area contributed by atoms with Crippen molar-refractivity contribution in [1.29, 1.82) is 0 Å². The molecule has 1 aliphatic rings. The average Bonchev–Trinajstić information content (AvgIpc) is 2.02. The predicted molar refractivity (Wildman–Crippen MR) is 49.9 cm³/mol. The van der Waals surface area contributed by atoms with Crippen molar-refractivity contribution in [2.75, 3.05) is 19.5 Å². The topological polar surface area (TPSA) is 23.5 Å². The fraction of sp³-hybridized carbons (Fsp3) is 1.00. The van der Waals surface area contributed by atoms with Gasteiger partial charge in [-0.15, -0.1) is 0 Å². The third-order valence-corrected chi connectivity index (χ3v) is 2.78. The second-order valence-corrected chi connectivity index (χ2v) is 4.09. The summed E-state index contributed by atoms with van der Waals surface area (Å²) in [6.45, 7) is -2.09. The Morgan fingerprint density at radius 3 is 2.13 bits per heavy atom. The molecule has 0 aliphatic carbocycles. The quantitative estimate of drug-likeness (QED) is 0.613. The summed E-state index contributed by atoms with van der Waals surface area (Å²) >= 11 is 0. The smallest absolute Gasteiger partial charge is 0.448 e. The van der Waals surface area contributed by atoms with Gasteiger partial charge in [0.05, 0.1) is 6.10 Å². The van der Waals surface area contributed by atoms with Crippen molar-refractivity contribution in [2.24, 2.45) is 5.92 Å². The maximum absolute atomic E-state index is 12.1. The van der Waals surface area contributed by atoms with Gasteiger partial charge in [0.1, 0.15) is 0 Å². The minimum Gasteiger partial charge on any atom is -0.448 e. The van der Waals surface area contributed by atoms with Crippen LogP contribution in [0.5, 0.6) is 0 Å². The zero-order valence-corrected chi connectivity index (χ0v) is 12.4. The van der Waals surface area contributed by atoms with E-state index in [4.69, 9.17) is 0 Å². The first-order valence-electron chi connectivity index (χ1n) is 5.00. The second kappa shape index (κ2) is 6.98. The van der Waals surface area contributed by atoms with Crippen LogP contribution in [-0.4, -0.2) is 42.6 Å². The third kappa shape index (κ3) is 6.65. The molecule has 0 saturated carbocycles. The van der Waals surface area contributed by atoms with E-state index in [2.05, 4.69) is 0 Å². The number of likely N-dealkylation sites (tertiary alicyclic amines) is 1. The normalized spacial score (nSPS) is 22.2. The molecule has 0 aromatic carbocycles. The molecular weight excluding hydrogens is 233 g/mol. The van der Waals surface area contributed by atoms with Gasteiger partial charge in [0.2, 0.25) is 0 Å². The van der Waals surface area contributed by atoms with Gasteiger partial charge in [-0.1, -0.05) is 0 Å². The molecule has 0 bridgehead atoms. The molecule has 0 radical (unpaired) electrons. The van der Waals surface area contributed by atoms with Gasteiger partial charge in [-0.25, -0.2) is 0 Å². The number of rotatable bonds is 3. The van der Waals surface area contributed by atoms with E-state index in [1.165, 1.54) is 4.90 Å². The van der Waals surface area contributed by atoms with Gasteiger partial charge in [0, 0.05) is 0 Å². The summed E-state index contributed by atoms with van der Waals surface area (Å²) in [5, 5.41) is 9.26. The Labute approximate surface area is 131 Å². The molecule has 1 heterocycles. The van der Waals surface area contributed by atoms with Gasteiger partial charge in [0.25, 0.3) is 0 Å². The molecule has 1 rings (SSSR count). The van der Waals surface area contributed by atoms with Crippen LogP contribution in [0, 0.1) is 5.92 Å². The molecule has 0 aromatic rings. The van der Waals surface area contributed by atoms with Gasteiger partial charge in [-0.2, -0.15) is 0 Å². The number of aliphatic hydroxyl groups is 1. The van der Waals surface area contributed by atoms with Crippen molar-refractivity contribution in [2.45, 2.75) is 25.9 Å². The number of nitrogens with zero attached hydrogens (tertiary/aromatic N) is 1. The first kappa shape index (κ1) is 16.4. The molecular formula is C8H16BF3KNO. The molecule has 2 nitrogen and oxygen atoms in total. The van der Waals surface area contributed by atoms with Crippen LogP contribution in [-0.2, 0) is 0 Å². The summed E-state index contributed by atoms with van der Waals surface area (Å²) in [7, 11) is 0. The first-order valence-corrected chi connectivity index (χ1v) is 5.00. The molecule has 15 heavy (non-hydrogen) atoms. The van der Waals surface area contributed by atoms with Crippen LogP contribution in [0.1, 0.15) is 19.8 Å². The fourth-order valence-electron chi connectivity index (χ4n) is 1.91. The molecule has 1 unspecified atom stereocenters. The maximum atomic E-state index is 12.1. The molecule has 7 heteroatoms. The van der Waals surface area contributed by atoms with Crippen LogP contribution in [0.3, 0.4) is 0 Å². The van der Waals surface area contributed by atoms with E-state index in [1.807, 2.05) is 0 Å². The Balaban J connectivity index is 0.00000196. The minimum absolute atomic E-state index is 0. The Morgan fingerprint density at radius 1 is 1.33 bits per heavy atom. The molecule has 1 N–H and O–H groups in total. The Bertz CT molecular complexity index is 183. The predicted octanol–water partition coefficient (Wildman–Crippen LogP) is -1.53. The third-order valence-electron chi connectivity index (χ3n) is 2.78. The van der Waals surface area contributed by atoms with Crippen LogP contribution in [0.4, 0.5) is 12.9 Å². The molecule has 1 fully saturated rings.